The zero-order chi connectivity index (χ0) is 28.9. The van der Waals surface area contributed by atoms with Crippen molar-refractivity contribution in [1.82, 2.24) is 14.4 Å². The molecule has 0 atom stereocenters. The van der Waals surface area contributed by atoms with Gasteiger partial charge in [0.15, 0.2) is 0 Å². The first-order chi connectivity index (χ1) is 20.0. The predicted octanol–water partition coefficient (Wildman–Crippen LogP) is 3.66. The van der Waals surface area contributed by atoms with E-state index in [1.54, 1.807) is 24.3 Å². The summed E-state index contributed by atoms with van der Waals surface area (Å²) in [7, 11) is 0. The van der Waals surface area contributed by atoms with E-state index >= 15 is 0 Å². The lowest BCUT2D eigenvalue weighted by Crippen LogP contribution is -2.32. The summed E-state index contributed by atoms with van der Waals surface area (Å²) in [4.78, 5) is 25.2. The molecule has 1 aliphatic heterocycles. The number of ether oxygens (including phenoxy) is 1. The lowest BCUT2D eigenvalue weighted by molar-refractivity contribution is -0.696. The molecule has 4 rings (SSSR count). The fourth-order valence-electron chi connectivity index (χ4n) is 4.37. The minimum Gasteiger partial charge on any atom is -0.385 e. The monoisotopic (exact) mass is 565 g/mol. The molecule has 0 saturated heterocycles. The number of nitrogens with one attached hydrogen (secondary N) is 2. The van der Waals surface area contributed by atoms with E-state index in [0.29, 0.717) is 13.2 Å². The Labute approximate surface area is 238 Å². The van der Waals surface area contributed by atoms with E-state index in [4.69, 9.17) is 4.74 Å². The maximum Gasteiger partial charge on any atom is 0.269 e. The number of anilines is 2. The fraction of sp³-hybridized carbons (Fsp3) is 0.393. The van der Waals surface area contributed by atoms with E-state index in [2.05, 4.69) is 54.5 Å². The molecule has 0 fully saturated rings. The molecule has 2 N–H and O–H groups in total. The van der Waals surface area contributed by atoms with Gasteiger partial charge in [0, 0.05) is 80.6 Å². The molecule has 2 aromatic carbocycles. The fourth-order valence-corrected chi connectivity index (χ4v) is 4.37. The van der Waals surface area contributed by atoms with Gasteiger partial charge in [-0.1, -0.05) is 0 Å². The van der Waals surface area contributed by atoms with Gasteiger partial charge in [-0.05, 0) is 30.7 Å². The third-order valence-corrected chi connectivity index (χ3v) is 6.64. The Morgan fingerprint density at radius 2 is 1.34 bits per heavy atom. The lowest BCUT2D eigenvalue weighted by atomic mass is 10.3. The van der Waals surface area contributed by atoms with E-state index in [-0.39, 0.29) is 11.4 Å². The molecule has 0 aliphatic carbocycles. The van der Waals surface area contributed by atoms with E-state index < -0.39 is 9.85 Å². The lowest BCUT2D eigenvalue weighted by Gasteiger charge is -2.21. The van der Waals surface area contributed by atoms with Gasteiger partial charge in [-0.3, -0.25) is 20.2 Å². The minimum absolute atomic E-state index is 0.0935. The second kappa shape index (κ2) is 15.2. The van der Waals surface area contributed by atoms with Gasteiger partial charge in [-0.15, -0.1) is 0 Å². The standard InChI is InChI=1S/C28H37N8O5/c37-35(38)27-7-3-25(4-8-27)29-11-1-13-31-15-17-33(23-31)19-21-41-22-20-34-18-16-32(24-34)14-2-12-30-26-5-9-28(10-6-26)36(39)40/h3-10,15-18,23,29-30H,1-2,11-14,19-22,24H2/q+1. The number of hydrogen-bond donors (Lipinski definition) is 2. The summed E-state index contributed by atoms with van der Waals surface area (Å²) >= 11 is 0. The topological polar surface area (TPSA) is 135 Å². The van der Waals surface area contributed by atoms with Gasteiger partial charge in [-0.25, -0.2) is 9.13 Å². The zero-order valence-corrected chi connectivity index (χ0v) is 23.0. The maximum absolute atomic E-state index is 10.7. The summed E-state index contributed by atoms with van der Waals surface area (Å²) in [6.07, 6.45) is 12.3. The quantitative estimate of drug-likeness (QED) is 0.103. The number of non-ortho nitro benzene ring substituents is 2. The Kier molecular flexibility index (Phi) is 10.9. The van der Waals surface area contributed by atoms with Gasteiger partial charge < -0.3 is 25.2 Å². The number of benzene rings is 2. The first-order valence-corrected chi connectivity index (χ1v) is 13.7. The second-order valence-corrected chi connectivity index (χ2v) is 9.73. The van der Waals surface area contributed by atoms with Crippen molar-refractivity contribution < 1.29 is 19.2 Å². The van der Waals surface area contributed by atoms with Gasteiger partial charge in [0.25, 0.3) is 11.4 Å². The predicted molar refractivity (Wildman–Crippen MR) is 155 cm³/mol. The van der Waals surface area contributed by atoms with Crippen molar-refractivity contribution in [3.8, 4) is 0 Å². The Morgan fingerprint density at radius 3 is 1.95 bits per heavy atom. The highest BCUT2D eigenvalue weighted by atomic mass is 16.6. The highest BCUT2D eigenvalue weighted by Gasteiger charge is 2.12. The number of aromatic nitrogens is 2. The molecule has 2 heterocycles. The van der Waals surface area contributed by atoms with Crippen LogP contribution in [0.25, 0.3) is 0 Å². The highest BCUT2D eigenvalue weighted by Crippen LogP contribution is 2.16. The molecule has 218 valence electrons. The molecule has 1 aliphatic rings. The van der Waals surface area contributed by atoms with Gasteiger partial charge >= 0.3 is 0 Å². The molecule has 0 saturated carbocycles. The van der Waals surface area contributed by atoms with E-state index in [9.17, 15) is 20.2 Å². The Morgan fingerprint density at radius 1 is 0.780 bits per heavy atom. The zero-order valence-electron chi connectivity index (χ0n) is 23.0. The number of nitro benzene ring substituents is 2. The number of hydrogen-bond acceptors (Lipinski definition) is 9. The van der Waals surface area contributed by atoms with Crippen LogP contribution >= 0.6 is 0 Å². The van der Waals surface area contributed by atoms with Crippen molar-refractivity contribution in [2.75, 3.05) is 56.7 Å². The van der Waals surface area contributed by atoms with Crippen LogP contribution in [0.1, 0.15) is 12.8 Å². The number of nitro groups is 2. The molecule has 0 bridgehead atoms. The van der Waals surface area contributed by atoms with E-state index in [1.165, 1.54) is 24.3 Å². The molecule has 0 amide bonds. The largest absolute Gasteiger partial charge is 0.385 e. The molecule has 3 aromatic rings. The van der Waals surface area contributed by atoms with Crippen LogP contribution in [0.3, 0.4) is 0 Å². The van der Waals surface area contributed by atoms with Crippen LogP contribution in [0.15, 0.2) is 79.7 Å². The summed E-state index contributed by atoms with van der Waals surface area (Å²) in [5.74, 6) is 0. The van der Waals surface area contributed by atoms with Crippen LogP contribution in [-0.4, -0.2) is 70.3 Å². The van der Waals surface area contributed by atoms with Crippen LogP contribution in [0.4, 0.5) is 22.7 Å². The molecule has 13 nitrogen and oxygen atoms in total. The van der Waals surface area contributed by atoms with Crippen LogP contribution in [-0.2, 0) is 17.8 Å². The van der Waals surface area contributed by atoms with E-state index in [0.717, 1.165) is 70.2 Å². The van der Waals surface area contributed by atoms with Crippen molar-refractivity contribution >= 4 is 22.7 Å². The molecule has 1 aromatic heterocycles. The molecular weight excluding hydrogens is 528 g/mol. The number of rotatable bonds is 18. The third kappa shape index (κ3) is 9.80. The van der Waals surface area contributed by atoms with Crippen molar-refractivity contribution in [2.24, 2.45) is 0 Å². The number of nitrogens with zero attached hydrogens (tertiary/aromatic N) is 6. The average Bonchev–Trinajstić information content (AvgIpc) is 3.63. The van der Waals surface area contributed by atoms with Gasteiger partial charge in [0.1, 0.15) is 18.9 Å². The van der Waals surface area contributed by atoms with E-state index in [1.807, 2.05) is 6.20 Å². The van der Waals surface area contributed by atoms with Gasteiger partial charge in [0.05, 0.1) is 36.3 Å². The van der Waals surface area contributed by atoms with Crippen molar-refractivity contribution in [3.05, 3.63) is 99.9 Å². The van der Waals surface area contributed by atoms with Gasteiger partial charge in [-0.2, -0.15) is 0 Å². The molecule has 13 heteroatoms. The van der Waals surface area contributed by atoms with Crippen LogP contribution in [0.5, 0.6) is 0 Å². The summed E-state index contributed by atoms with van der Waals surface area (Å²) in [5, 5.41) is 28.1. The number of imidazole rings is 1. The molecule has 41 heavy (non-hydrogen) atoms. The normalized spacial score (nSPS) is 12.6. The van der Waals surface area contributed by atoms with Crippen molar-refractivity contribution in [3.63, 3.8) is 0 Å². The first kappa shape index (κ1) is 29.3. The highest BCUT2D eigenvalue weighted by molar-refractivity contribution is 5.49. The first-order valence-electron chi connectivity index (χ1n) is 13.7. The smallest absolute Gasteiger partial charge is 0.269 e. The number of aryl methyl sites for hydroxylation is 1. The Bertz CT molecular complexity index is 1280. The third-order valence-electron chi connectivity index (χ3n) is 6.64. The Balaban J connectivity index is 0.998. The molecular formula is C28H37N8O5+. The molecule has 0 unspecified atom stereocenters. The summed E-state index contributed by atoms with van der Waals surface area (Å²) in [6.45, 7) is 7.15. The molecule has 0 radical (unpaired) electrons. The SMILES string of the molecule is O=[N+]([O-])c1ccc(NCCCN2C=CN(CCOCCn3cc[n+](CCCNc4ccc([N+](=O)[O-])cc4)c3)C2)cc1. The summed E-state index contributed by atoms with van der Waals surface area (Å²) in [6, 6.07) is 12.9. The van der Waals surface area contributed by atoms with Crippen molar-refractivity contribution in [2.45, 2.75) is 25.9 Å². The minimum atomic E-state index is -0.397. The van der Waals surface area contributed by atoms with Crippen LogP contribution in [0, 0.1) is 20.2 Å². The summed E-state index contributed by atoms with van der Waals surface area (Å²) < 4.78 is 10.1. The van der Waals surface area contributed by atoms with Crippen LogP contribution in [0.2, 0.25) is 0 Å². The maximum atomic E-state index is 10.7. The van der Waals surface area contributed by atoms with Gasteiger partial charge in [0.2, 0.25) is 6.33 Å². The van der Waals surface area contributed by atoms with Crippen molar-refractivity contribution in [1.29, 1.82) is 0 Å². The van der Waals surface area contributed by atoms with Crippen LogP contribution < -0.4 is 15.2 Å². The average molecular weight is 566 g/mol. The molecule has 0 spiro atoms. The summed E-state index contributed by atoms with van der Waals surface area (Å²) in [5.41, 5.74) is 1.95. The second-order valence-electron chi connectivity index (χ2n) is 9.73. The Hall–Kier alpha value is -4.65.